The van der Waals surface area contributed by atoms with E-state index >= 15 is 0 Å². The van der Waals surface area contributed by atoms with Gasteiger partial charge in [-0.2, -0.15) is 5.10 Å². The topological polar surface area (TPSA) is 77.6 Å². The van der Waals surface area contributed by atoms with Crippen molar-refractivity contribution in [2.24, 2.45) is 5.41 Å². The van der Waals surface area contributed by atoms with Gasteiger partial charge in [0.1, 0.15) is 29.3 Å². The Morgan fingerprint density at radius 3 is 2.69 bits per heavy atom. The summed E-state index contributed by atoms with van der Waals surface area (Å²) in [6.45, 7) is 4.36. The molecule has 0 aliphatic heterocycles. The largest absolute Gasteiger partial charge is 0.443 e. The van der Waals surface area contributed by atoms with Gasteiger partial charge in [-0.3, -0.25) is 4.98 Å². The molecule has 3 aromatic heterocycles. The van der Waals surface area contributed by atoms with Crippen LogP contribution in [0.5, 0.6) is 0 Å². The first-order valence-electron chi connectivity index (χ1n) is 11.6. The first kappa shape index (κ1) is 22.2. The van der Waals surface area contributed by atoms with Gasteiger partial charge < -0.3 is 4.42 Å². The number of benzene rings is 1. The molecular formula is C28H21F2N5O. The van der Waals surface area contributed by atoms with Gasteiger partial charge in [-0.15, -0.1) is 11.5 Å². The zero-order chi connectivity index (χ0) is 25.1. The Bertz CT molecular complexity index is 1560. The van der Waals surface area contributed by atoms with E-state index in [9.17, 15) is 8.78 Å². The number of hydrogen-bond acceptors (Lipinski definition) is 6. The van der Waals surface area contributed by atoms with Gasteiger partial charge in [0, 0.05) is 6.20 Å². The summed E-state index contributed by atoms with van der Waals surface area (Å²) in [6, 6.07) is 5.57. The van der Waals surface area contributed by atoms with Gasteiger partial charge in [0.2, 0.25) is 5.89 Å². The molecule has 1 aromatic carbocycles. The lowest BCUT2D eigenvalue weighted by Gasteiger charge is -2.37. The summed E-state index contributed by atoms with van der Waals surface area (Å²) in [5, 5.41) is 8.84. The Morgan fingerprint density at radius 2 is 1.92 bits per heavy atom. The third-order valence-corrected chi connectivity index (χ3v) is 7.76. The molecule has 2 atom stereocenters. The normalized spacial score (nSPS) is 21.6. The molecule has 0 spiro atoms. The maximum atomic E-state index is 14.5. The van der Waals surface area contributed by atoms with Crippen molar-refractivity contribution in [1.29, 1.82) is 0 Å². The summed E-state index contributed by atoms with van der Waals surface area (Å²) in [4.78, 5) is 13.8. The quantitative estimate of drug-likeness (QED) is 0.347. The molecule has 8 heteroatoms. The molecule has 1 saturated carbocycles. The van der Waals surface area contributed by atoms with Gasteiger partial charge in [-0.25, -0.2) is 18.7 Å². The molecule has 1 fully saturated rings. The number of allylic oxidation sites excluding steroid dienone is 1. The number of fused-ring (bicyclic) bond motifs is 5. The summed E-state index contributed by atoms with van der Waals surface area (Å²) in [5.74, 6) is 1.56. The molecule has 0 amide bonds. The zero-order valence-electron chi connectivity index (χ0n) is 19.7. The SMILES string of the molecule is C#C/C=C/c1coc(-c2cncc([C@@]34CC[C@@H](c5cc(-c6c(F)cccc6F)nnc53)C4(C)C)n2)n1. The number of hydrogen-bond donors (Lipinski definition) is 0. The van der Waals surface area contributed by atoms with Crippen molar-refractivity contribution < 1.29 is 13.2 Å². The van der Waals surface area contributed by atoms with Crippen LogP contribution in [0, 0.1) is 29.4 Å². The van der Waals surface area contributed by atoms with Crippen molar-refractivity contribution in [3.8, 4) is 35.2 Å². The van der Waals surface area contributed by atoms with Crippen LogP contribution in [0.2, 0.25) is 0 Å². The summed E-state index contributed by atoms with van der Waals surface area (Å²) in [6.07, 6.45) is 15.0. The molecule has 2 bridgehead atoms. The minimum absolute atomic E-state index is 0.129. The van der Waals surface area contributed by atoms with Gasteiger partial charge in [-0.1, -0.05) is 25.8 Å². The minimum Gasteiger partial charge on any atom is -0.443 e. The predicted octanol–water partition coefficient (Wildman–Crippen LogP) is 5.72. The lowest BCUT2D eigenvalue weighted by Crippen LogP contribution is -2.38. The molecule has 3 heterocycles. The zero-order valence-corrected chi connectivity index (χ0v) is 19.7. The number of oxazole rings is 1. The second kappa shape index (κ2) is 7.89. The first-order valence-corrected chi connectivity index (χ1v) is 11.6. The van der Waals surface area contributed by atoms with Crippen molar-refractivity contribution in [2.45, 2.75) is 38.0 Å². The van der Waals surface area contributed by atoms with E-state index in [1.165, 1.54) is 24.5 Å². The smallest absolute Gasteiger partial charge is 0.247 e. The predicted molar refractivity (Wildman–Crippen MR) is 129 cm³/mol. The van der Waals surface area contributed by atoms with Crippen LogP contribution < -0.4 is 0 Å². The molecule has 0 unspecified atom stereocenters. The third-order valence-electron chi connectivity index (χ3n) is 7.76. The number of terminal acetylenes is 1. The Balaban J connectivity index is 1.47. The van der Waals surface area contributed by atoms with Crippen LogP contribution in [-0.4, -0.2) is 25.1 Å². The fraction of sp³-hybridized carbons (Fsp3) is 0.250. The maximum absolute atomic E-state index is 14.5. The average molecular weight is 482 g/mol. The standard InChI is InChI=1S/C28H21F2N5O/c1-4-5-7-16-15-36-26(32-16)22-13-31-14-23(33-22)28-11-10-18(27(28,2)3)17-12-21(34-35-25(17)28)24-19(29)8-6-9-20(24)30/h1,5-9,12-15,18H,10-11H2,2-3H3/b7-5+/t18-,28-/m0/s1. The molecule has 0 radical (unpaired) electrons. The van der Waals surface area contributed by atoms with Crippen molar-refractivity contribution in [3.63, 3.8) is 0 Å². The van der Waals surface area contributed by atoms with E-state index in [1.807, 2.05) is 0 Å². The third kappa shape index (κ3) is 2.99. The molecular weight excluding hydrogens is 460 g/mol. The highest BCUT2D eigenvalue weighted by Gasteiger charge is 2.65. The van der Waals surface area contributed by atoms with Gasteiger partial charge in [0.05, 0.1) is 34.3 Å². The van der Waals surface area contributed by atoms with E-state index in [4.69, 9.17) is 15.8 Å². The molecule has 0 N–H and O–H groups in total. The van der Waals surface area contributed by atoms with Crippen molar-refractivity contribution >= 4 is 6.08 Å². The van der Waals surface area contributed by atoms with Gasteiger partial charge in [-0.05, 0) is 60.1 Å². The highest BCUT2D eigenvalue weighted by atomic mass is 19.1. The molecule has 6 rings (SSSR count). The van der Waals surface area contributed by atoms with Crippen molar-refractivity contribution in [1.82, 2.24) is 25.1 Å². The Hall–Kier alpha value is -4.25. The molecule has 2 aliphatic rings. The highest BCUT2D eigenvalue weighted by Crippen LogP contribution is 2.69. The summed E-state index contributed by atoms with van der Waals surface area (Å²) >= 11 is 0. The molecule has 0 saturated heterocycles. The molecule has 2 aliphatic carbocycles. The number of nitrogens with zero attached hydrogens (tertiary/aromatic N) is 5. The van der Waals surface area contributed by atoms with Crippen molar-refractivity contribution in [2.75, 3.05) is 0 Å². The van der Waals surface area contributed by atoms with Crippen LogP contribution in [0.1, 0.15) is 55.3 Å². The Kier molecular flexibility index (Phi) is 4.87. The van der Waals surface area contributed by atoms with Crippen LogP contribution in [0.3, 0.4) is 0 Å². The van der Waals surface area contributed by atoms with Gasteiger partial charge >= 0.3 is 0 Å². The van der Waals surface area contributed by atoms with Crippen LogP contribution in [0.15, 0.2) is 53.4 Å². The Morgan fingerprint density at radius 1 is 1.11 bits per heavy atom. The molecule has 36 heavy (non-hydrogen) atoms. The molecule has 178 valence electrons. The monoisotopic (exact) mass is 481 g/mol. The Labute approximate surface area is 206 Å². The highest BCUT2D eigenvalue weighted by molar-refractivity contribution is 5.64. The summed E-state index contributed by atoms with van der Waals surface area (Å²) in [7, 11) is 0. The number of aromatic nitrogens is 5. The van der Waals surface area contributed by atoms with E-state index in [0.717, 1.165) is 29.8 Å². The first-order chi connectivity index (χ1) is 17.4. The fourth-order valence-corrected chi connectivity index (χ4v) is 6.05. The number of rotatable bonds is 4. The van der Waals surface area contributed by atoms with Crippen LogP contribution in [0.4, 0.5) is 8.78 Å². The lowest BCUT2D eigenvalue weighted by atomic mass is 9.66. The van der Waals surface area contributed by atoms with Gasteiger partial charge in [0.15, 0.2) is 0 Å². The molecule has 4 aromatic rings. The van der Waals surface area contributed by atoms with E-state index in [0.29, 0.717) is 17.3 Å². The second-order valence-electron chi connectivity index (χ2n) is 9.72. The van der Waals surface area contributed by atoms with E-state index < -0.39 is 17.0 Å². The summed E-state index contributed by atoms with van der Waals surface area (Å²) < 4.78 is 34.6. The van der Waals surface area contributed by atoms with E-state index in [-0.39, 0.29) is 22.6 Å². The maximum Gasteiger partial charge on any atom is 0.247 e. The second-order valence-corrected chi connectivity index (χ2v) is 9.72. The summed E-state index contributed by atoms with van der Waals surface area (Å²) in [5.41, 5.74) is 2.73. The average Bonchev–Trinajstić information content (AvgIpc) is 3.50. The fourth-order valence-electron chi connectivity index (χ4n) is 6.05. The van der Waals surface area contributed by atoms with Crippen LogP contribution in [-0.2, 0) is 5.41 Å². The van der Waals surface area contributed by atoms with E-state index in [1.54, 1.807) is 30.6 Å². The minimum atomic E-state index is -0.664. The van der Waals surface area contributed by atoms with Gasteiger partial charge in [0.25, 0.3) is 0 Å². The van der Waals surface area contributed by atoms with Crippen LogP contribution in [0.25, 0.3) is 28.9 Å². The lowest BCUT2D eigenvalue weighted by molar-refractivity contribution is 0.242. The van der Waals surface area contributed by atoms with Crippen LogP contribution >= 0.6 is 0 Å². The van der Waals surface area contributed by atoms with E-state index in [2.05, 4.69) is 39.9 Å². The molecule has 6 nitrogen and oxygen atoms in total. The van der Waals surface area contributed by atoms with Crippen molar-refractivity contribution in [3.05, 3.63) is 83.3 Å². The number of halogens is 2.